The smallest absolute Gasteiger partial charge is 0.222 e. The highest BCUT2D eigenvalue weighted by atomic mass is 16.5. The minimum Gasteiger partial charge on any atom is -0.382 e. The molecular formula is C11H22N2O2. The highest BCUT2D eigenvalue weighted by Crippen LogP contribution is 2.09. The van der Waals surface area contributed by atoms with Gasteiger partial charge < -0.3 is 15.0 Å². The Morgan fingerprint density at radius 1 is 1.60 bits per heavy atom. The van der Waals surface area contributed by atoms with E-state index in [9.17, 15) is 4.79 Å². The van der Waals surface area contributed by atoms with E-state index in [1.54, 1.807) is 0 Å². The molecule has 1 rings (SSSR count). The van der Waals surface area contributed by atoms with Crippen molar-refractivity contribution in [2.75, 3.05) is 33.4 Å². The molecule has 88 valence electrons. The number of carbonyl (C=O) groups excluding carboxylic acids is 1. The number of carbonyl (C=O) groups is 1. The number of likely N-dealkylation sites (tertiary alicyclic amines) is 1. The van der Waals surface area contributed by atoms with Gasteiger partial charge in [0.15, 0.2) is 0 Å². The van der Waals surface area contributed by atoms with Crippen molar-refractivity contribution in [3.8, 4) is 0 Å². The Bertz CT molecular complexity index is 197. The second-order valence-electron chi connectivity index (χ2n) is 4.01. The average Bonchev–Trinajstić information content (AvgIpc) is 2.23. The summed E-state index contributed by atoms with van der Waals surface area (Å²) < 4.78 is 5.26. The third-order valence-corrected chi connectivity index (χ3v) is 2.73. The van der Waals surface area contributed by atoms with Crippen LogP contribution in [0.1, 0.15) is 26.2 Å². The quantitative estimate of drug-likeness (QED) is 0.659. The number of ether oxygens (including phenoxy) is 1. The Morgan fingerprint density at radius 2 is 2.40 bits per heavy atom. The van der Waals surface area contributed by atoms with Crippen LogP contribution >= 0.6 is 0 Å². The first-order chi connectivity index (χ1) is 7.24. The van der Waals surface area contributed by atoms with Crippen LogP contribution in [-0.2, 0) is 9.53 Å². The maximum Gasteiger partial charge on any atom is 0.222 e. The Labute approximate surface area is 92.0 Å². The van der Waals surface area contributed by atoms with Crippen LogP contribution in [0.5, 0.6) is 0 Å². The molecule has 1 aliphatic heterocycles. The highest BCUT2D eigenvalue weighted by molar-refractivity contribution is 5.76. The van der Waals surface area contributed by atoms with Crippen molar-refractivity contribution in [1.82, 2.24) is 10.2 Å². The minimum atomic E-state index is 0.266. The first kappa shape index (κ1) is 12.5. The zero-order valence-electron chi connectivity index (χ0n) is 9.79. The molecule has 4 nitrogen and oxygen atoms in total. The molecule has 0 aromatic heterocycles. The van der Waals surface area contributed by atoms with E-state index in [0.717, 1.165) is 39.1 Å². The van der Waals surface area contributed by atoms with Gasteiger partial charge >= 0.3 is 0 Å². The number of rotatable bonds is 6. The Hall–Kier alpha value is -0.610. The van der Waals surface area contributed by atoms with Gasteiger partial charge in [0.25, 0.3) is 0 Å². The van der Waals surface area contributed by atoms with Gasteiger partial charge in [-0.3, -0.25) is 4.79 Å². The zero-order chi connectivity index (χ0) is 11.1. The fourth-order valence-electron chi connectivity index (χ4n) is 1.80. The Kier molecular flexibility index (Phi) is 5.65. The number of amides is 1. The summed E-state index contributed by atoms with van der Waals surface area (Å²) in [6.45, 7) is 5.45. The number of piperidine rings is 1. The fraction of sp³-hybridized carbons (Fsp3) is 0.909. The lowest BCUT2D eigenvalue weighted by atomic mass is 10.1. The number of hydrogen-bond donors (Lipinski definition) is 1. The number of nitrogens with zero attached hydrogens (tertiary/aromatic N) is 1. The molecule has 1 heterocycles. The fourth-order valence-corrected chi connectivity index (χ4v) is 1.80. The molecule has 1 fully saturated rings. The van der Waals surface area contributed by atoms with E-state index >= 15 is 0 Å². The molecule has 0 aromatic carbocycles. The lowest BCUT2D eigenvalue weighted by Crippen LogP contribution is -2.46. The van der Waals surface area contributed by atoms with Crippen LogP contribution in [0.25, 0.3) is 0 Å². The van der Waals surface area contributed by atoms with Gasteiger partial charge in [0.2, 0.25) is 5.91 Å². The van der Waals surface area contributed by atoms with Crippen molar-refractivity contribution in [2.45, 2.75) is 32.2 Å². The molecule has 1 unspecified atom stereocenters. The van der Waals surface area contributed by atoms with E-state index in [0.29, 0.717) is 12.5 Å². The van der Waals surface area contributed by atoms with Crippen LogP contribution in [0.4, 0.5) is 0 Å². The molecule has 1 aliphatic rings. The van der Waals surface area contributed by atoms with Gasteiger partial charge in [-0.25, -0.2) is 0 Å². The van der Waals surface area contributed by atoms with Crippen molar-refractivity contribution >= 4 is 5.91 Å². The molecule has 0 aromatic rings. The monoisotopic (exact) mass is 214 g/mol. The molecule has 1 saturated heterocycles. The molecule has 4 heteroatoms. The van der Waals surface area contributed by atoms with E-state index in [4.69, 9.17) is 4.74 Å². The van der Waals surface area contributed by atoms with E-state index in [-0.39, 0.29) is 5.91 Å². The molecule has 15 heavy (non-hydrogen) atoms. The summed E-state index contributed by atoms with van der Waals surface area (Å²) in [6.07, 6.45) is 2.69. The van der Waals surface area contributed by atoms with E-state index in [1.165, 1.54) is 0 Å². The Morgan fingerprint density at radius 3 is 3.07 bits per heavy atom. The van der Waals surface area contributed by atoms with E-state index < -0.39 is 0 Å². The van der Waals surface area contributed by atoms with Crippen molar-refractivity contribution in [2.24, 2.45) is 0 Å². The number of hydrogen-bond acceptors (Lipinski definition) is 3. The summed E-state index contributed by atoms with van der Waals surface area (Å²) in [5, 5.41) is 3.46. The van der Waals surface area contributed by atoms with Gasteiger partial charge in [0, 0.05) is 39.3 Å². The molecule has 1 amide bonds. The van der Waals surface area contributed by atoms with Gasteiger partial charge in [-0.05, 0) is 26.3 Å². The second kappa shape index (κ2) is 6.80. The van der Waals surface area contributed by atoms with Gasteiger partial charge in [-0.15, -0.1) is 0 Å². The first-order valence-electron chi connectivity index (χ1n) is 5.79. The molecule has 0 aliphatic carbocycles. The van der Waals surface area contributed by atoms with Crippen LogP contribution in [0, 0.1) is 0 Å². The molecular weight excluding hydrogens is 192 g/mol. The van der Waals surface area contributed by atoms with Crippen molar-refractivity contribution in [3.63, 3.8) is 0 Å². The maximum atomic E-state index is 11.2. The summed E-state index contributed by atoms with van der Waals surface area (Å²) in [5.74, 6) is 0.266. The lowest BCUT2D eigenvalue weighted by Gasteiger charge is -2.30. The lowest BCUT2D eigenvalue weighted by molar-refractivity contribution is -0.132. The molecule has 1 atom stereocenters. The SMILES string of the molecule is CCOCCCNC1CCC(=O)N(C)C1. The summed E-state index contributed by atoms with van der Waals surface area (Å²) in [7, 11) is 1.87. The number of nitrogens with one attached hydrogen (secondary N) is 1. The van der Waals surface area contributed by atoms with Crippen LogP contribution in [0.3, 0.4) is 0 Å². The topological polar surface area (TPSA) is 41.6 Å². The van der Waals surface area contributed by atoms with Crippen LogP contribution in [-0.4, -0.2) is 50.2 Å². The van der Waals surface area contributed by atoms with Crippen molar-refractivity contribution < 1.29 is 9.53 Å². The second-order valence-corrected chi connectivity index (χ2v) is 4.01. The molecule has 0 spiro atoms. The van der Waals surface area contributed by atoms with Crippen molar-refractivity contribution in [1.29, 1.82) is 0 Å². The summed E-state index contributed by atoms with van der Waals surface area (Å²) in [6, 6.07) is 0.467. The maximum absolute atomic E-state index is 11.2. The normalized spacial score (nSPS) is 22.1. The standard InChI is InChI=1S/C11H22N2O2/c1-3-15-8-4-7-12-10-5-6-11(14)13(2)9-10/h10,12H,3-9H2,1-2H3. The van der Waals surface area contributed by atoms with Gasteiger partial charge in [-0.1, -0.05) is 0 Å². The predicted octanol–water partition coefficient (Wildman–Crippen LogP) is 0.623. The molecule has 0 bridgehead atoms. The summed E-state index contributed by atoms with van der Waals surface area (Å²) in [5.41, 5.74) is 0. The first-order valence-corrected chi connectivity index (χ1v) is 5.79. The third kappa shape index (κ3) is 4.62. The van der Waals surface area contributed by atoms with E-state index in [1.807, 2.05) is 18.9 Å². The minimum absolute atomic E-state index is 0.266. The summed E-state index contributed by atoms with van der Waals surface area (Å²) >= 11 is 0. The summed E-state index contributed by atoms with van der Waals surface area (Å²) in [4.78, 5) is 13.0. The van der Waals surface area contributed by atoms with Crippen molar-refractivity contribution in [3.05, 3.63) is 0 Å². The van der Waals surface area contributed by atoms with Gasteiger partial charge in [0.1, 0.15) is 0 Å². The highest BCUT2D eigenvalue weighted by Gasteiger charge is 2.21. The molecule has 0 saturated carbocycles. The predicted molar refractivity (Wildman–Crippen MR) is 59.8 cm³/mol. The Balaban J connectivity index is 2.04. The van der Waals surface area contributed by atoms with Gasteiger partial charge in [0.05, 0.1) is 0 Å². The zero-order valence-corrected chi connectivity index (χ0v) is 9.79. The average molecular weight is 214 g/mol. The van der Waals surface area contributed by atoms with Gasteiger partial charge in [-0.2, -0.15) is 0 Å². The van der Waals surface area contributed by atoms with E-state index in [2.05, 4.69) is 5.32 Å². The molecule has 1 N–H and O–H groups in total. The largest absolute Gasteiger partial charge is 0.382 e. The van der Waals surface area contributed by atoms with Crippen LogP contribution in [0.15, 0.2) is 0 Å². The van der Waals surface area contributed by atoms with Crippen LogP contribution < -0.4 is 5.32 Å². The third-order valence-electron chi connectivity index (χ3n) is 2.73. The molecule has 0 radical (unpaired) electrons. The number of likely N-dealkylation sites (N-methyl/N-ethyl adjacent to an activating group) is 1. The van der Waals surface area contributed by atoms with Crippen LogP contribution in [0.2, 0.25) is 0 Å².